The minimum absolute atomic E-state index is 0.507. The third-order valence-electron chi connectivity index (χ3n) is 7.78. The molecular weight excluding hydrogens is 476 g/mol. The monoisotopic (exact) mass is 507 g/mol. The van der Waals surface area contributed by atoms with Crippen molar-refractivity contribution in [3.8, 4) is 39.6 Å². The predicted octanol–water partition coefficient (Wildman–Crippen LogP) is 9.02. The summed E-state index contributed by atoms with van der Waals surface area (Å²) in [5.74, 6) is 0.507. The summed E-state index contributed by atoms with van der Waals surface area (Å²) in [4.78, 5) is 0. The first-order valence-corrected chi connectivity index (χ1v) is 13.4. The van der Waals surface area contributed by atoms with Crippen LogP contribution in [0.15, 0.2) is 95.5 Å². The number of nitrogens with zero attached hydrogens (tertiary/aromatic N) is 2. The maximum absolute atomic E-state index is 10.1. The molecule has 0 aliphatic rings. The summed E-state index contributed by atoms with van der Waals surface area (Å²) in [5, 5.41) is 12.1. The molecule has 0 amide bonds. The van der Waals surface area contributed by atoms with Crippen LogP contribution < -0.4 is 4.57 Å². The van der Waals surface area contributed by atoms with Crippen molar-refractivity contribution in [3.05, 3.63) is 113 Å². The van der Waals surface area contributed by atoms with E-state index >= 15 is 0 Å². The molecule has 0 spiro atoms. The lowest BCUT2D eigenvalue weighted by Gasteiger charge is -2.09. The molecular formula is C36H31N2O+. The zero-order valence-electron chi connectivity index (χ0n) is 23.0. The molecule has 4 aromatic carbocycles. The van der Waals surface area contributed by atoms with Gasteiger partial charge in [-0.2, -0.15) is 5.26 Å². The van der Waals surface area contributed by atoms with Crippen LogP contribution in [-0.2, 0) is 7.05 Å². The molecule has 0 N–H and O–H groups in total. The fraction of sp³-hybridized carbons (Fsp3) is 0.167. The van der Waals surface area contributed by atoms with Crippen LogP contribution in [0.3, 0.4) is 0 Å². The average molecular weight is 508 g/mol. The lowest BCUT2D eigenvalue weighted by molar-refractivity contribution is -0.660. The summed E-state index contributed by atoms with van der Waals surface area (Å²) in [5.41, 5.74) is 12.2. The summed E-state index contributed by atoms with van der Waals surface area (Å²) in [7, 11) is 2.06. The highest BCUT2D eigenvalue weighted by Crippen LogP contribution is 2.42. The highest BCUT2D eigenvalue weighted by molar-refractivity contribution is 6.14. The minimum Gasteiger partial charge on any atom is -0.454 e. The van der Waals surface area contributed by atoms with Crippen LogP contribution in [0, 0.1) is 25.2 Å². The Morgan fingerprint density at radius 2 is 1.31 bits per heavy atom. The van der Waals surface area contributed by atoms with E-state index in [0.29, 0.717) is 11.5 Å². The predicted molar refractivity (Wildman–Crippen MR) is 159 cm³/mol. The van der Waals surface area contributed by atoms with Crippen LogP contribution in [0.4, 0.5) is 0 Å². The molecule has 190 valence electrons. The third-order valence-corrected chi connectivity index (χ3v) is 7.78. The lowest BCUT2D eigenvalue weighted by Crippen LogP contribution is -2.30. The average Bonchev–Trinajstić information content (AvgIpc) is 3.32. The number of rotatable bonds is 4. The van der Waals surface area contributed by atoms with Gasteiger partial charge < -0.3 is 4.42 Å². The quantitative estimate of drug-likeness (QED) is 0.223. The van der Waals surface area contributed by atoms with Crippen LogP contribution >= 0.6 is 0 Å². The first-order chi connectivity index (χ1) is 18.9. The Bertz CT molecular complexity index is 1900. The topological polar surface area (TPSA) is 40.8 Å². The highest BCUT2D eigenvalue weighted by atomic mass is 16.3. The summed E-state index contributed by atoms with van der Waals surface area (Å²) in [6.45, 7) is 8.65. The fourth-order valence-electron chi connectivity index (χ4n) is 5.51. The molecule has 39 heavy (non-hydrogen) atoms. The van der Waals surface area contributed by atoms with E-state index in [1.165, 1.54) is 16.7 Å². The SMILES string of the molecule is Cc1cc[n+](C)c(-c2c(C)ccc3c2oc2c(-c4ccc(-c5ccc(C(C)C)cc5)cc4)c(C#N)ccc23)c1. The summed E-state index contributed by atoms with van der Waals surface area (Å²) < 4.78 is 8.86. The van der Waals surface area contributed by atoms with Crippen molar-refractivity contribution >= 4 is 21.9 Å². The molecule has 0 fully saturated rings. The second-order valence-corrected chi connectivity index (χ2v) is 10.8. The molecule has 3 nitrogen and oxygen atoms in total. The molecule has 6 rings (SSSR count). The van der Waals surface area contributed by atoms with E-state index < -0.39 is 0 Å². The zero-order valence-corrected chi connectivity index (χ0v) is 23.0. The van der Waals surface area contributed by atoms with Crippen molar-refractivity contribution in [2.75, 3.05) is 0 Å². The molecule has 3 heteroatoms. The number of aryl methyl sites for hydroxylation is 3. The normalized spacial score (nSPS) is 11.4. The number of pyridine rings is 1. The van der Waals surface area contributed by atoms with Crippen molar-refractivity contribution in [2.24, 2.45) is 7.05 Å². The Morgan fingerprint density at radius 3 is 1.95 bits per heavy atom. The number of aromatic nitrogens is 1. The molecule has 2 heterocycles. The second-order valence-electron chi connectivity index (χ2n) is 10.8. The van der Waals surface area contributed by atoms with Gasteiger partial charge in [0.1, 0.15) is 18.2 Å². The van der Waals surface area contributed by atoms with Crippen molar-refractivity contribution < 1.29 is 8.98 Å². The van der Waals surface area contributed by atoms with Gasteiger partial charge in [0.2, 0.25) is 5.69 Å². The van der Waals surface area contributed by atoms with Gasteiger partial charge in [0.15, 0.2) is 6.20 Å². The number of hydrogen-bond acceptors (Lipinski definition) is 2. The minimum atomic E-state index is 0.507. The standard InChI is InChI=1S/C36H31N2O/c1-22(2)25-7-9-26(10-8-25)27-11-13-28(14-12-27)34-29(21-37)15-17-31-30-16-6-24(4)33(35(30)39-36(31)34)32-20-23(3)18-19-38(32)5/h6-20,22H,1-5H3/q+1. The number of fused-ring (bicyclic) bond motifs is 3. The van der Waals surface area contributed by atoms with E-state index in [2.05, 4.69) is 124 Å². The first kappa shape index (κ1) is 24.6. The molecule has 6 aromatic rings. The Labute approximate surface area is 229 Å². The van der Waals surface area contributed by atoms with Crippen LogP contribution in [-0.4, -0.2) is 0 Å². The molecule has 0 atom stereocenters. The van der Waals surface area contributed by atoms with Gasteiger partial charge in [-0.1, -0.05) is 74.5 Å². The molecule has 0 bridgehead atoms. The Kier molecular flexibility index (Phi) is 6.04. The lowest BCUT2D eigenvalue weighted by atomic mass is 9.94. The number of furan rings is 1. The van der Waals surface area contributed by atoms with Crippen molar-refractivity contribution in [2.45, 2.75) is 33.6 Å². The van der Waals surface area contributed by atoms with Crippen molar-refractivity contribution in [1.29, 1.82) is 5.26 Å². The molecule has 0 aliphatic carbocycles. The Balaban J connectivity index is 1.54. The van der Waals surface area contributed by atoms with Crippen LogP contribution in [0.1, 0.15) is 42.0 Å². The van der Waals surface area contributed by atoms with Gasteiger partial charge in [0.05, 0.1) is 17.2 Å². The van der Waals surface area contributed by atoms with E-state index in [9.17, 15) is 5.26 Å². The van der Waals surface area contributed by atoms with Crippen LogP contribution in [0.2, 0.25) is 0 Å². The molecule has 0 aliphatic heterocycles. The summed E-state index contributed by atoms with van der Waals surface area (Å²) >= 11 is 0. The fourth-order valence-corrected chi connectivity index (χ4v) is 5.51. The zero-order chi connectivity index (χ0) is 27.3. The number of nitriles is 1. The molecule has 0 unspecified atom stereocenters. The van der Waals surface area contributed by atoms with E-state index in [1.54, 1.807) is 0 Å². The summed E-state index contributed by atoms with van der Waals surface area (Å²) in [6.07, 6.45) is 2.09. The maximum Gasteiger partial charge on any atom is 0.216 e. The third kappa shape index (κ3) is 4.19. The van der Waals surface area contributed by atoms with Gasteiger partial charge in [0.25, 0.3) is 0 Å². The molecule has 0 saturated heterocycles. The summed E-state index contributed by atoms with van der Waals surface area (Å²) in [6, 6.07) is 32.1. The van der Waals surface area contributed by atoms with E-state index in [4.69, 9.17) is 4.42 Å². The number of hydrogen-bond donors (Lipinski definition) is 0. The van der Waals surface area contributed by atoms with Gasteiger partial charge in [-0.3, -0.25) is 0 Å². The molecule has 2 aromatic heterocycles. The largest absolute Gasteiger partial charge is 0.454 e. The van der Waals surface area contributed by atoms with Gasteiger partial charge in [-0.15, -0.1) is 0 Å². The Hall–Kier alpha value is -4.68. The Morgan fingerprint density at radius 1 is 0.718 bits per heavy atom. The second kappa shape index (κ2) is 9.57. The maximum atomic E-state index is 10.1. The van der Waals surface area contributed by atoms with Gasteiger partial charge in [-0.25, -0.2) is 4.57 Å². The first-order valence-electron chi connectivity index (χ1n) is 13.4. The number of benzene rings is 4. The van der Waals surface area contributed by atoms with E-state index in [-0.39, 0.29) is 0 Å². The van der Waals surface area contributed by atoms with Crippen molar-refractivity contribution in [1.82, 2.24) is 0 Å². The van der Waals surface area contributed by atoms with Gasteiger partial charge in [-0.05, 0) is 65.3 Å². The van der Waals surface area contributed by atoms with Crippen LogP contribution in [0.25, 0.3) is 55.4 Å². The highest BCUT2D eigenvalue weighted by Gasteiger charge is 2.23. The van der Waals surface area contributed by atoms with E-state index in [0.717, 1.165) is 55.4 Å². The van der Waals surface area contributed by atoms with E-state index in [1.807, 2.05) is 12.1 Å². The molecule has 0 saturated carbocycles. The smallest absolute Gasteiger partial charge is 0.216 e. The van der Waals surface area contributed by atoms with Crippen molar-refractivity contribution in [3.63, 3.8) is 0 Å². The van der Waals surface area contributed by atoms with Crippen LogP contribution in [0.5, 0.6) is 0 Å². The van der Waals surface area contributed by atoms with Gasteiger partial charge >= 0.3 is 0 Å². The van der Waals surface area contributed by atoms with Gasteiger partial charge in [0, 0.05) is 28.5 Å². The molecule has 0 radical (unpaired) electrons.